The Labute approximate surface area is 162 Å². The topological polar surface area (TPSA) is 87.7 Å². The van der Waals surface area contributed by atoms with Gasteiger partial charge in [0.2, 0.25) is 0 Å². The number of rotatable bonds is 5. The molecule has 1 aromatic heterocycles. The highest BCUT2D eigenvalue weighted by atomic mass is 19.1. The van der Waals surface area contributed by atoms with Crippen LogP contribution in [-0.2, 0) is 11.3 Å². The van der Waals surface area contributed by atoms with Crippen LogP contribution in [0.5, 0.6) is 0 Å². The van der Waals surface area contributed by atoms with Crippen molar-refractivity contribution in [1.82, 2.24) is 20.2 Å². The molecule has 1 aromatic carbocycles. The summed E-state index contributed by atoms with van der Waals surface area (Å²) in [5, 5.41) is 2.67. The lowest BCUT2D eigenvalue weighted by atomic mass is 10.2. The zero-order valence-electron chi connectivity index (χ0n) is 15.6. The summed E-state index contributed by atoms with van der Waals surface area (Å²) in [6.45, 7) is 4.36. The van der Waals surface area contributed by atoms with Crippen molar-refractivity contribution in [3.8, 4) is 0 Å². The molecule has 1 aliphatic heterocycles. The number of benzene rings is 1. The lowest BCUT2D eigenvalue weighted by Gasteiger charge is -2.34. The van der Waals surface area contributed by atoms with Crippen molar-refractivity contribution in [3.05, 3.63) is 53.7 Å². The first-order valence-corrected chi connectivity index (χ1v) is 9.08. The van der Waals surface area contributed by atoms with Crippen LogP contribution in [0.4, 0.5) is 15.0 Å². The van der Waals surface area contributed by atoms with Gasteiger partial charge in [-0.3, -0.25) is 4.79 Å². The monoisotopic (exact) mass is 387 g/mol. The van der Waals surface area contributed by atoms with Crippen LogP contribution < -0.4 is 10.2 Å². The number of carbonyl (C=O) groups is 2. The summed E-state index contributed by atoms with van der Waals surface area (Å²) >= 11 is 0. The number of nitrogens with zero attached hydrogens (tertiary/aromatic N) is 4. The fourth-order valence-corrected chi connectivity index (χ4v) is 2.88. The SMILES string of the molecule is CCOC(=O)N1CCN(c2cc(C(=O)NCc3ccccc3F)ncn2)CC1. The lowest BCUT2D eigenvalue weighted by Crippen LogP contribution is -2.49. The maximum Gasteiger partial charge on any atom is 0.409 e. The van der Waals surface area contributed by atoms with Gasteiger partial charge in [-0.2, -0.15) is 0 Å². The van der Waals surface area contributed by atoms with Gasteiger partial charge < -0.3 is 19.9 Å². The highest BCUT2D eigenvalue weighted by Crippen LogP contribution is 2.15. The summed E-state index contributed by atoms with van der Waals surface area (Å²) in [5.41, 5.74) is 0.606. The van der Waals surface area contributed by atoms with E-state index in [-0.39, 0.29) is 24.1 Å². The Morgan fingerprint density at radius 1 is 1.18 bits per heavy atom. The molecule has 1 fully saturated rings. The number of anilines is 1. The molecule has 1 N–H and O–H groups in total. The zero-order chi connectivity index (χ0) is 19.9. The minimum Gasteiger partial charge on any atom is -0.450 e. The highest BCUT2D eigenvalue weighted by molar-refractivity contribution is 5.92. The van der Waals surface area contributed by atoms with Crippen LogP contribution in [0, 0.1) is 5.82 Å². The van der Waals surface area contributed by atoms with Crippen molar-refractivity contribution >= 4 is 17.8 Å². The molecule has 0 bridgehead atoms. The van der Waals surface area contributed by atoms with Crippen LogP contribution in [0.25, 0.3) is 0 Å². The molecule has 148 valence electrons. The van der Waals surface area contributed by atoms with Gasteiger partial charge >= 0.3 is 6.09 Å². The number of ether oxygens (including phenoxy) is 1. The Kier molecular flexibility index (Phi) is 6.36. The van der Waals surface area contributed by atoms with E-state index >= 15 is 0 Å². The molecular weight excluding hydrogens is 365 g/mol. The molecule has 1 saturated heterocycles. The average molecular weight is 387 g/mol. The lowest BCUT2D eigenvalue weighted by molar-refractivity contribution is 0.0945. The molecule has 0 atom stereocenters. The Balaban J connectivity index is 1.59. The minimum atomic E-state index is -0.405. The Morgan fingerprint density at radius 2 is 1.93 bits per heavy atom. The molecule has 1 aliphatic rings. The Bertz CT molecular complexity index is 840. The van der Waals surface area contributed by atoms with Gasteiger partial charge in [0.25, 0.3) is 5.91 Å². The van der Waals surface area contributed by atoms with Gasteiger partial charge in [-0.15, -0.1) is 0 Å². The number of halogens is 1. The van der Waals surface area contributed by atoms with Crippen molar-refractivity contribution in [3.63, 3.8) is 0 Å². The van der Waals surface area contributed by atoms with Crippen molar-refractivity contribution in [2.45, 2.75) is 13.5 Å². The van der Waals surface area contributed by atoms with Gasteiger partial charge in [0.05, 0.1) is 6.61 Å². The van der Waals surface area contributed by atoms with E-state index in [0.29, 0.717) is 44.2 Å². The van der Waals surface area contributed by atoms with Crippen molar-refractivity contribution in [2.24, 2.45) is 0 Å². The average Bonchev–Trinajstić information content (AvgIpc) is 2.73. The van der Waals surface area contributed by atoms with E-state index in [1.54, 1.807) is 36.1 Å². The summed E-state index contributed by atoms with van der Waals surface area (Å²) in [5.74, 6) is -0.169. The van der Waals surface area contributed by atoms with E-state index in [1.165, 1.54) is 12.4 Å². The molecule has 2 heterocycles. The first kappa shape index (κ1) is 19.5. The molecule has 2 amide bonds. The highest BCUT2D eigenvalue weighted by Gasteiger charge is 2.23. The van der Waals surface area contributed by atoms with E-state index in [0.717, 1.165) is 0 Å². The molecule has 0 unspecified atom stereocenters. The molecule has 2 aromatic rings. The van der Waals surface area contributed by atoms with Gasteiger partial charge in [-0.05, 0) is 13.0 Å². The molecule has 0 spiro atoms. The summed E-state index contributed by atoms with van der Waals surface area (Å²) in [7, 11) is 0. The third-order valence-electron chi connectivity index (χ3n) is 4.41. The fourth-order valence-electron chi connectivity index (χ4n) is 2.88. The van der Waals surface area contributed by atoms with Crippen LogP contribution in [0.2, 0.25) is 0 Å². The van der Waals surface area contributed by atoms with E-state index in [2.05, 4.69) is 15.3 Å². The number of carbonyl (C=O) groups excluding carboxylic acids is 2. The van der Waals surface area contributed by atoms with Crippen LogP contribution in [-0.4, -0.2) is 59.7 Å². The van der Waals surface area contributed by atoms with E-state index in [9.17, 15) is 14.0 Å². The molecule has 3 rings (SSSR count). The normalized spacial score (nSPS) is 13.9. The number of piperazine rings is 1. The minimum absolute atomic E-state index is 0.0725. The first-order valence-electron chi connectivity index (χ1n) is 9.08. The summed E-state index contributed by atoms with van der Waals surface area (Å²) < 4.78 is 18.7. The van der Waals surface area contributed by atoms with Crippen LogP contribution >= 0.6 is 0 Å². The van der Waals surface area contributed by atoms with E-state index in [1.807, 2.05) is 4.90 Å². The largest absolute Gasteiger partial charge is 0.450 e. The second-order valence-corrected chi connectivity index (χ2v) is 6.21. The van der Waals surface area contributed by atoms with Crippen molar-refractivity contribution in [2.75, 3.05) is 37.7 Å². The quantitative estimate of drug-likeness (QED) is 0.842. The fraction of sp³-hybridized carbons (Fsp3) is 0.368. The number of amides is 2. The molecular formula is C19H22FN5O3. The second-order valence-electron chi connectivity index (χ2n) is 6.21. The Hall–Kier alpha value is -3.23. The number of hydrogen-bond donors (Lipinski definition) is 1. The molecule has 8 nitrogen and oxygen atoms in total. The molecule has 9 heteroatoms. The van der Waals surface area contributed by atoms with E-state index in [4.69, 9.17) is 4.74 Å². The molecule has 0 radical (unpaired) electrons. The van der Waals surface area contributed by atoms with Gasteiger partial charge in [0, 0.05) is 44.4 Å². The molecule has 28 heavy (non-hydrogen) atoms. The second kappa shape index (κ2) is 9.12. The van der Waals surface area contributed by atoms with Crippen LogP contribution in [0.1, 0.15) is 23.0 Å². The number of hydrogen-bond acceptors (Lipinski definition) is 6. The molecule has 0 aliphatic carbocycles. The predicted molar refractivity (Wildman–Crippen MR) is 100 cm³/mol. The van der Waals surface area contributed by atoms with Gasteiger partial charge in [-0.25, -0.2) is 19.2 Å². The van der Waals surface area contributed by atoms with Crippen LogP contribution in [0.3, 0.4) is 0 Å². The zero-order valence-corrected chi connectivity index (χ0v) is 15.6. The maximum atomic E-state index is 13.7. The van der Waals surface area contributed by atoms with Gasteiger partial charge in [0.15, 0.2) is 0 Å². The predicted octanol–water partition coefficient (Wildman–Crippen LogP) is 1.82. The molecule has 0 saturated carbocycles. The summed E-state index contributed by atoms with van der Waals surface area (Å²) in [6.07, 6.45) is 1.00. The van der Waals surface area contributed by atoms with Gasteiger partial charge in [0.1, 0.15) is 23.7 Å². The summed E-state index contributed by atoms with van der Waals surface area (Å²) in [4.78, 5) is 36.0. The third-order valence-corrected chi connectivity index (χ3v) is 4.41. The third kappa shape index (κ3) is 4.73. The number of nitrogens with one attached hydrogen (secondary N) is 1. The van der Waals surface area contributed by atoms with E-state index < -0.39 is 5.91 Å². The maximum absolute atomic E-state index is 13.7. The van der Waals surface area contributed by atoms with Gasteiger partial charge in [-0.1, -0.05) is 18.2 Å². The van der Waals surface area contributed by atoms with Crippen molar-refractivity contribution < 1.29 is 18.7 Å². The Morgan fingerprint density at radius 3 is 2.64 bits per heavy atom. The van der Waals surface area contributed by atoms with Crippen molar-refractivity contribution in [1.29, 1.82) is 0 Å². The standard InChI is InChI=1S/C19H22FN5O3/c1-2-28-19(27)25-9-7-24(8-10-25)17-11-16(22-13-23-17)18(26)21-12-14-5-3-4-6-15(14)20/h3-6,11,13H,2,7-10,12H2,1H3,(H,21,26). The first-order chi connectivity index (χ1) is 13.6. The summed E-state index contributed by atoms with van der Waals surface area (Å²) in [6, 6.07) is 7.86. The smallest absolute Gasteiger partial charge is 0.409 e. The van der Waals surface area contributed by atoms with Crippen LogP contribution in [0.15, 0.2) is 36.7 Å². The number of aromatic nitrogens is 2.